The van der Waals surface area contributed by atoms with Crippen LogP contribution in [0.25, 0.3) is 0 Å². The third kappa shape index (κ3) is 4.76. The molecule has 1 rings (SSSR count). The second-order valence-corrected chi connectivity index (χ2v) is 3.37. The quantitative estimate of drug-likeness (QED) is 0.511. The Labute approximate surface area is 89.2 Å². The van der Waals surface area contributed by atoms with E-state index in [9.17, 15) is 4.79 Å². The van der Waals surface area contributed by atoms with Crippen LogP contribution in [-0.2, 0) is 9.47 Å². The van der Waals surface area contributed by atoms with E-state index in [2.05, 4.69) is 0 Å². The Balaban J connectivity index is 2.08. The van der Waals surface area contributed by atoms with Crippen LogP contribution in [0.3, 0.4) is 0 Å². The molecule has 0 saturated carbocycles. The van der Waals surface area contributed by atoms with Crippen LogP contribution in [0.15, 0.2) is 22.8 Å². The largest absolute Gasteiger partial charge is 0.461 e. The molecule has 1 aromatic rings. The van der Waals surface area contributed by atoms with Crippen molar-refractivity contribution in [1.82, 2.24) is 0 Å². The second-order valence-electron chi connectivity index (χ2n) is 3.37. The van der Waals surface area contributed by atoms with Gasteiger partial charge in [0.1, 0.15) is 6.61 Å². The fraction of sp³-hybridized carbons (Fsp3) is 0.545. The smallest absolute Gasteiger partial charge is 0.223 e. The molecule has 15 heavy (non-hydrogen) atoms. The summed E-state index contributed by atoms with van der Waals surface area (Å²) in [7, 11) is 0. The summed E-state index contributed by atoms with van der Waals surface area (Å²) >= 11 is 0. The highest BCUT2D eigenvalue weighted by Crippen LogP contribution is 2.01. The van der Waals surface area contributed by atoms with Gasteiger partial charge >= 0.3 is 0 Å². The lowest BCUT2D eigenvalue weighted by Gasteiger charge is -2.06. The molecule has 0 atom stereocenters. The zero-order valence-electron chi connectivity index (χ0n) is 9.06. The number of Topliss-reactive ketones (excluding diaryl/α,β-unsaturated/α-hetero) is 1. The molecule has 0 bridgehead atoms. The summed E-state index contributed by atoms with van der Waals surface area (Å²) in [4.78, 5) is 11.3. The lowest BCUT2D eigenvalue weighted by atomic mass is 10.3. The maximum absolute atomic E-state index is 11.3. The molecule has 0 aliphatic heterocycles. The van der Waals surface area contributed by atoms with Gasteiger partial charge in [0.15, 0.2) is 5.76 Å². The first kappa shape index (κ1) is 11.9. The number of rotatable bonds is 7. The molecule has 0 radical (unpaired) electrons. The number of furan rings is 1. The first-order valence-electron chi connectivity index (χ1n) is 4.96. The van der Waals surface area contributed by atoms with Crippen molar-refractivity contribution in [2.45, 2.75) is 20.0 Å². The molecule has 84 valence electrons. The van der Waals surface area contributed by atoms with Gasteiger partial charge in [0.2, 0.25) is 5.78 Å². The molecule has 4 heteroatoms. The first-order valence-corrected chi connectivity index (χ1v) is 4.96. The van der Waals surface area contributed by atoms with Crippen LogP contribution in [0.5, 0.6) is 0 Å². The van der Waals surface area contributed by atoms with Gasteiger partial charge in [0.05, 0.1) is 25.6 Å². The first-order chi connectivity index (χ1) is 7.20. The molecule has 0 unspecified atom stereocenters. The summed E-state index contributed by atoms with van der Waals surface area (Å²) in [6, 6.07) is 3.30. The van der Waals surface area contributed by atoms with Gasteiger partial charge in [0, 0.05) is 0 Å². The number of ketones is 1. The third-order valence-electron chi connectivity index (χ3n) is 1.71. The van der Waals surface area contributed by atoms with Gasteiger partial charge in [-0.15, -0.1) is 0 Å². The van der Waals surface area contributed by atoms with E-state index in [0.717, 1.165) is 0 Å². The van der Waals surface area contributed by atoms with Crippen molar-refractivity contribution in [1.29, 1.82) is 0 Å². The Morgan fingerprint density at radius 1 is 1.47 bits per heavy atom. The summed E-state index contributed by atoms with van der Waals surface area (Å²) in [5, 5.41) is 0. The monoisotopic (exact) mass is 212 g/mol. The standard InChI is InChI=1S/C11H16O4/c1-9(2)14-7-6-13-8-10(12)11-4-3-5-15-11/h3-5,9H,6-8H2,1-2H3. The fourth-order valence-electron chi connectivity index (χ4n) is 1.02. The molecule has 0 saturated heterocycles. The van der Waals surface area contributed by atoms with Crippen molar-refractivity contribution in [3.8, 4) is 0 Å². The molecule has 4 nitrogen and oxygen atoms in total. The van der Waals surface area contributed by atoms with E-state index in [-0.39, 0.29) is 18.5 Å². The van der Waals surface area contributed by atoms with E-state index < -0.39 is 0 Å². The average Bonchev–Trinajstić information content (AvgIpc) is 2.69. The van der Waals surface area contributed by atoms with Crippen molar-refractivity contribution in [2.24, 2.45) is 0 Å². The lowest BCUT2D eigenvalue weighted by molar-refractivity contribution is 0.0202. The molecular formula is C11H16O4. The van der Waals surface area contributed by atoms with Gasteiger partial charge in [-0.3, -0.25) is 4.79 Å². The Morgan fingerprint density at radius 3 is 2.87 bits per heavy atom. The second kappa shape index (κ2) is 6.37. The molecule has 0 N–H and O–H groups in total. The zero-order chi connectivity index (χ0) is 11.1. The van der Waals surface area contributed by atoms with Crippen molar-refractivity contribution in [3.63, 3.8) is 0 Å². The number of hydrogen-bond donors (Lipinski definition) is 0. The molecule has 0 aliphatic carbocycles. The highest BCUT2D eigenvalue weighted by atomic mass is 16.5. The number of hydrogen-bond acceptors (Lipinski definition) is 4. The molecule has 1 heterocycles. The van der Waals surface area contributed by atoms with Crippen molar-refractivity contribution < 1.29 is 18.7 Å². The lowest BCUT2D eigenvalue weighted by Crippen LogP contribution is -2.14. The highest BCUT2D eigenvalue weighted by Gasteiger charge is 2.07. The van der Waals surface area contributed by atoms with Crippen LogP contribution < -0.4 is 0 Å². The Bertz CT molecular complexity index is 277. The van der Waals surface area contributed by atoms with Gasteiger partial charge in [-0.2, -0.15) is 0 Å². The minimum Gasteiger partial charge on any atom is -0.461 e. The maximum Gasteiger partial charge on any atom is 0.223 e. The molecule has 0 spiro atoms. The topological polar surface area (TPSA) is 48.7 Å². The van der Waals surface area contributed by atoms with Crippen molar-refractivity contribution >= 4 is 5.78 Å². The van der Waals surface area contributed by atoms with Gasteiger partial charge in [-0.05, 0) is 26.0 Å². The predicted molar refractivity (Wildman–Crippen MR) is 54.9 cm³/mol. The summed E-state index contributed by atoms with van der Waals surface area (Å²) in [5.41, 5.74) is 0. The minimum atomic E-state index is -0.149. The van der Waals surface area contributed by atoms with Crippen molar-refractivity contribution in [3.05, 3.63) is 24.2 Å². The maximum atomic E-state index is 11.3. The molecule has 0 fully saturated rings. The van der Waals surface area contributed by atoms with Crippen LogP contribution in [0, 0.1) is 0 Å². The van der Waals surface area contributed by atoms with Crippen LogP contribution in [0.2, 0.25) is 0 Å². The molecule has 1 aromatic heterocycles. The normalized spacial score (nSPS) is 10.9. The van der Waals surface area contributed by atoms with E-state index in [1.54, 1.807) is 12.1 Å². The Kier molecular flexibility index (Phi) is 5.07. The minimum absolute atomic E-state index is 0.0367. The zero-order valence-corrected chi connectivity index (χ0v) is 9.06. The summed E-state index contributed by atoms with van der Waals surface area (Å²) in [6.07, 6.45) is 1.66. The number of carbonyl (C=O) groups excluding carboxylic acids is 1. The van der Waals surface area contributed by atoms with Crippen LogP contribution in [-0.4, -0.2) is 31.7 Å². The van der Waals surface area contributed by atoms with Gasteiger partial charge < -0.3 is 13.9 Å². The van der Waals surface area contributed by atoms with E-state index in [1.807, 2.05) is 13.8 Å². The third-order valence-corrected chi connectivity index (χ3v) is 1.71. The van der Waals surface area contributed by atoms with Crippen molar-refractivity contribution in [2.75, 3.05) is 19.8 Å². The highest BCUT2D eigenvalue weighted by molar-refractivity contribution is 5.94. The molecule has 0 amide bonds. The number of ether oxygens (including phenoxy) is 2. The van der Waals surface area contributed by atoms with E-state index in [1.165, 1.54) is 6.26 Å². The summed E-state index contributed by atoms with van der Waals surface area (Å²) in [6.45, 7) is 4.87. The Morgan fingerprint density at radius 2 is 2.27 bits per heavy atom. The summed E-state index contributed by atoms with van der Waals surface area (Å²) < 4.78 is 15.3. The molecular weight excluding hydrogens is 196 g/mol. The van der Waals surface area contributed by atoms with Crippen LogP contribution in [0.4, 0.5) is 0 Å². The van der Waals surface area contributed by atoms with Gasteiger partial charge in [0.25, 0.3) is 0 Å². The van der Waals surface area contributed by atoms with Crippen LogP contribution >= 0.6 is 0 Å². The van der Waals surface area contributed by atoms with E-state index >= 15 is 0 Å². The van der Waals surface area contributed by atoms with E-state index in [0.29, 0.717) is 19.0 Å². The van der Waals surface area contributed by atoms with Gasteiger partial charge in [-0.25, -0.2) is 0 Å². The SMILES string of the molecule is CC(C)OCCOCC(=O)c1ccco1. The molecule has 0 aromatic carbocycles. The van der Waals surface area contributed by atoms with E-state index in [4.69, 9.17) is 13.9 Å². The summed E-state index contributed by atoms with van der Waals surface area (Å²) in [5.74, 6) is 0.185. The molecule has 0 aliphatic rings. The average molecular weight is 212 g/mol. The fourth-order valence-corrected chi connectivity index (χ4v) is 1.02. The van der Waals surface area contributed by atoms with Crippen LogP contribution in [0.1, 0.15) is 24.4 Å². The Hall–Kier alpha value is -1.13. The predicted octanol–water partition coefficient (Wildman–Crippen LogP) is 1.90. The number of carbonyl (C=O) groups is 1. The van der Waals surface area contributed by atoms with Gasteiger partial charge in [-0.1, -0.05) is 0 Å².